The standard InChI is InChI=1S/C20H24FN3O3/c1-23(12-15-7-4-5-10-18(15)21)14-20(26)24(2)13-19(25)22-16-8-6-9-17(11-16)27-3/h4-11H,12-14H2,1-3H3,(H,22,25). The monoisotopic (exact) mass is 373 g/mol. The first-order chi connectivity index (χ1) is 12.9. The average Bonchev–Trinajstić information content (AvgIpc) is 2.63. The second kappa shape index (κ2) is 9.68. The third-order valence-electron chi connectivity index (χ3n) is 3.96. The summed E-state index contributed by atoms with van der Waals surface area (Å²) in [5, 5.41) is 2.73. The Hall–Kier alpha value is -2.93. The van der Waals surface area contributed by atoms with Crippen LogP contribution in [-0.4, -0.2) is 55.9 Å². The summed E-state index contributed by atoms with van der Waals surface area (Å²) >= 11 is 0. The largest absolute Gasteiger partial charge is 0.497 e. The number of anilines is 1. The number of ether oxygens (including phenoxy) is 1. The molecule has 2 rings (SSSR count). The van der Waals surface area contributed by atoms with E-state index < -0.39 is 0 Å². The van der Waals surface area contributed by atoms with Crippen molar-refractivity contribution in [3.05, 3.63) is 59.9 Å². The van der Waals surface area contributed by atoms with E-state index in [-0.39, 0.29) is 30.7 Å². The van der Waals surface area contributed by atoms with Crippen LogP contribution in [0, 0.1) is 5.82 Å². The van der Waals surface area contributed by atoms with Crippen LogP contribution in [0.5, 0.6) is 5.75 Å². The van der Waals surface area contributed by atoms with Crippen LogP contribution in [0.1, 0.15) is 5.56 Å². The van der Waals surface area contributed by atoms with Gasteiger partial charge in [-0.2, -0.15) is 0 Å². The lowest BCUT2D eigenvalue weighted by atomic mass is 10.2. The highest BCUT2D eigenvalue weighted by Gasteiger charge is 2.16. The Morgan fingerprint density at radius 2 is 1.81 bits per heavy atom. The molecule has 0 radical (unpaired) electrons. The molecule has 1 N–H and O–H groups in total. The van der Waals surface area contributed by atoms with Gasteiger partial charge in [0.2, 0.25) is 11.8 Å². The second-order valence-corrected chi connectivity index (χ2v) is 6.29. The summed E-state index contributed by atoms with van der Waals surface area (Å²) in [6.45, 7) is 0.309. The third kappa shape index (κ3) is 6.38. The molecule has 0 saturated carbocycles. The fraction of sp³-hybridized carbons (Fsp3) is 0.300. The lowest BCUT2D eigenvalue weighted by Gasteiger charge is -2.22. The number of hydrogen-bond donors (Lipinski definition) is 1. The number of likely N-dealkylation sites (N-methyl/N-ethyl adjacent to an activating group) is 2. The van der Waals surface area contributed by atoms with E-state index in [0.717, 1.165) is 0 Å². The van der Waals surface area contributed by atoms with Gasteiger partial charge in [-0.3, -0.25) is 14.5 Å². The Labute approximate surface area is 158 Å². The molecule has 0 bridgehead atoms. The fourth-order valence-corrected chi connectivity index (χ4v) is 2.53. The van der Waals surface area contributed by atoms with Gasteiger partial charge < -0.3 is 15.0 Å². The van der Waals surface area contributed by atoms with Gasteiger partial charge in [-0.25, -0.2) is 4.39 Å². The lowest BCUT2D eigenvalue weighted by Crippen LogP contribution is -2.40. The highest BCUT2D eigenvalue weighted by Crippen LogP contribution is 2.16. The van der Waals surface area contributed by atoms with Crippen LogP contribution in [0.25, 0.3) is 0 Å². The van der Waals surface area contributed by atoms with Crippen molar-refractivity contribution in [3.63, 3.8) is 0 Å². The van der Waals surface area contributed by atoms with Crippen LogP contribution in [0.2, 0.25) is 0 Å². The van der Waals surface area contributed by atoms with Crippen LogP contribution >= 0.6 is 0 Å². The van der Waals surface area contributed by atoms with Gasteiger partial charge in [0.1, 0.15) is 11.6 Å². The minimum absolute atomic E-state index is 0.0798. The van der Waals surface area contributed by atoms with E-state index >= 15 is 0 Å². The molecule has 0 spiro atoms. The van der Waals surface area contributed by atoms with Crippen molar-refractivity contribution in [1.82, 2.24) is 9.80 Å². The van der Waals surface area contributed by atoms with Crippen LogP contribution < -0.4 is 10.1 Å². The molecule has 6 nitrogen and oxygen atoms in total. The quantitative estimate of drug-likeness (QED) is 0.772. The molecule has 0 aliphatic carbocycles. The van der Waals surface area contributed by atoms with Gasteiger partial charge in [-0.05, 0) is 25.2 Å². The third-order valence-corrected chi connectivity index (χ3v) is 3.96. The van der Waals surface area contributed by atoms with Crippen LogP contribution in [0.4, 0.5) is 10.1 Å². The molecule has 0 saturated heterocycles. The minimum Gasteiger partial charge on any atom is -0.497 e. The number of halogens is 1. The Morgan fingerprint density at radius 1 is 1.07 bits per heavy atom. The van der Waals surface area contributed by atoms with Crippen molar-refractivity contribution >= 4 is 17.5 Å². The van der Waals surface area contributed by atoms with Gasteiger partial charge in [-0.15, -0.1) is 0 Å². The molecule has 2 aromatic carbocycles. The van der Waals surface area contributed by atoms with Crippen molar-refractivity contribution in [3.8, 4) is 5.75 Å². The molecule has 0 heterocycles. The molecule has 0 fully saturated rings. The van der Waals surface area contributed by atoms with Gasteiger partial charge in [-0.1, -0.05) is 24.3 Å². The number of hydrogen-bond acceptors (Lipinski definition) is 4. The molecule has 144 valence electrons. The van der Waals surface area contributed by atoms with Gasteiger partial charge >= 0.3 is 0 Å². The molecule has 2 amide bonds. The maximum absolute atomic E-state index is 13.7. The molecule has 0 aliphatic rings. The lowest BCUT2D eigenvalue weighted by molar-refractivity contribution is -0.134. The number of amides is 2. The van der Waals surface area contributed by atoms with Crippen molar-refractivity contribution in [1.29, 1.82) is 0 Å². The molecule has 27 heavy (non-hydrogen) atoms. The maximum Gasteiger partial charge on any atom is 0.243 e. The maximum atomic E-state index is 13.7. The van der Waals surface area contributed by atoms with Gasteiger partial charge in [0.05, 0.1) is 20.2 Å². The number of nitrogens with one attached hydrogen (secondary N) is 1. The summed E-state index contributed by atoms with van der Waals surface area (Å²) in [7, 11) is 4.84. The van der Waals surface area contributed by atoms with Gasteiger partial charge in [0.25, 0.3) is 0 Å². The smallest absolute Gasteiger partial charge is 0.243 e. The summed E-state index contributed by atoms with van der Waals surface area (Å²) in [6, 6.07) is 13.4. The van der Waals surface area contributed by atoms with E-state index in [2.05, 4.69) is 5.32 Å². The summed E-state index contributed by atoms with van der Waals surface area (Å²) < 4.78 is 18.8. The SMILES string of the molecule is COc1cccc(NC(=O)CN(C)C(=O)CN(C)Cc2ccccc2F)c1. The number of nitrogens with zero attached hydrogens (tertiary/aromatic N) is 2. The first-order valence-corrected chi connectivity index (χ1v) is 8.49. The molecule has 0 atom stereocenters. The zero-order chi connectivity index (χ0) is 19.8. The van der Waals surface area contributed by atoms with Crippen molar-refractivity contribution in [2.24, 2.45) is 0 Å². The second-order valence-electron chi connectivity index (χ2n) is 6.29. The summed E-state index contributed by atoms with van der Waals surface area (Å²) in [4.78, 5) is 27.5. The van der Waals surface area contributed by atoms with Gasteiger partial charge in [0, 0.05) is 30.9 Å². The van der Waals surface area contributed by atoms with Crippen molar-refractivity contribution in [2.45, 2.75) is 6.54 Å². The Balaban J connectivity index is 1.83. The summed E-state index contributed by atoms with van der Waals surface area (Å²) in [5.41, 5.74) is 1.11. The highest BCUT2D eigenvalue weighted by molar-refractivity contribution is 5.94. The highest BCUT2D eigenvalue weighted by atomic mass is 19.1. The predicted octanol–water partition coefficient (Wildman–Crippen LogP) is 2.36. The minimum atomic E-state index is -0.309. The normalized spacial score (nSPS) is 10.6. The molecule has 0 aromatic heterocycles. The molecule has 2 aromatic rings. The first kappa shape index (κ1) is 20.4. The molecular formula is C20H24FN3O3. The number of benzene rings is 2. The van der Waals surface area contributed by atoms with Crippen molar-refractivity contribution < 1.29 is 18.7 Å². The molecule has 0 aliphatic heterocycles. The van der Waals surface area contributed by atoms with Crippen LogP contribution in [0.15, 0.2) is 48.5 Å². The zero-order valence-electron chi connectivity index (χ0n) is 15.7. The molecule has 7 heteroatoms. The van der Waals surface area contributed by atoms with E-state index in [1.54, 1.807) is 68.6 Å². The van der Waals surface area contributed by atoms with E-state index in [0.29, 0.717) is 23.5 Å². The number of carbonyl (C=O) groups is 2. The first-order valence-electron chi connectivity index (χ1n) is 8.49. The zero-order valence-corrected chi connectivity index (χ0v) is 15.7. The number of rotatable bonds is 8. The average molecular weight is 373 g/mol. The van der Waals surface area contributed by atoms with E-state index in [9.17, 15) is 14.0 Å². The Kier molecular flexibility index (Phi) is 7.31. The molecule has 0 unspecified atom stereocenters. The predicted molar refractivity (Wildman–Crippen MR) is 102 cm³/mol. The van der Waals surface area contributed by atoms with Crippen molar-refractivity contribution in [2.75, 3.05) is 39.6 Å². The van der Waals surface area contributed by atoms with Crippen LogP contribution in [0.3, 0.4) is 0 Å². The number of methoxy groups -OCH3 is 1. The fourth-order valence-electron chi connectivity index (χ4n) is 2.53. The van der Waals surface area contributed by atoms with Crippen LogP contribution in [-0.2, 0) is 16.1 Å². The van der Waals surface area contributed by atoms with E-state index in [1.807, 2.05) is 0 Å². The summed E-state index contributed by atoms with van der Waals surface area (Å²) in [5.74, 6) is -0.208. The molecular weight excluding hydrogens is 349 g/mol. The summed E-state index contributed by atoms with van der Waals surface area (Å²) in [6.07, 6.45) is 0. The van der Waals surface area contributed by atoms with Gasteiger partial charge in [0.15, 0.2) is 0 Å². The topological polar surface area (TPSA) is 61.9 Å². The number of carbonyl (C=O) groups excluding carboxylic acids is 2. The van der Waals surface area contributed by atoms with E-state index in [4.69, 9.17) is 4.74 Å². The Morgan fingerprint density at radius 3 is 2.52 bits per heavy atom. The Bertz CT molecular complexity index is 798. The van der Waals surface area contributed by atoms with E-state index in [1.165, 1.54) is 11.0 Å².